The second-order valence-electron chi connectivity index (χ2n) is 7.03. The molecule has 0 saturated carbocycles. The van der Waals surface area contributed by atoms with Crippen molar-refractivity contribution >= 4 is 23.2 Å². The SMILES string of the molecule is CCN1CCN(C(=O)c2cccc(C(=O)Nc3ccc(N(C)C)cc3)n2)CC1. The molecule has 0 radical (unpaired) electrons. The lowest BCUT2D eigenvalue weighted by molar-refractivity contribution is 0.0637. The molecule has 0 aliphatic carbocycles. The van der Waals surface area contributed by atoms with Gasteiger partial charge in [-0.15, -0.1) is 0 Å². The Morgan fingerprint density at radius 3 is 2.25 bits per heavy atom. The lowest BCUT2D eigenvalue weighted by atomic mass is 10.2. The number of likely N-dealkylation sites (N-methyl/N-ethyl adjacent to an activating group) is 1. The van der Waals surface area contributed by atoms with Crippen LogP contribution in [0.2, 0.25) is 0 Å². The highest BCUT2D eigenvalue weighted by Crippen LogP contribution is 2.16. The number of hydrogen-bond acceptors (Lipinski definition) is 5. The molecule has 0 spiro atoms. The summed E-state index contributed by atoms with van der Waals surface area (Å²) in [6.45, 7) is 6.21. The second-order valence-corrected chi connectivity index (χ2v) is 7.03. The van der Waals surface area contributed by atoms with Crippen LogP contribution in [0.15, 0.2) is 42.5 Å². The molecule has 28 heavy (non-hydrogen) atoms. The van der Waals surface area contributed by atoms with Gasteiger partial charge < -0.3 is 20.0 Å². The Hall–Kier alpha value is -2.93. The number of nitrogens with zero attached hydrogens (tertiary/aromatic N) is 4. The van der Waals surface area contributed by atoms with Gasteiger partial charge in [-0.1, -0.05) is 13.0 Å². The molecule has 0 unspecified atom stereocenters. The molecule has 148 valence electrons. The number of anilines is 2. The summed E-state index contributed by atoms with van der Waals surface area (Å²) in [4.78, 5) is 35.7. The summed E-state index contributed by atoms with van der Waals surface area (Å²) < 4.78 is 0. The molecule has 1 N–H and O–H groups in total. The van der Waals surface area contributed by atoms with Crippen molar-refractivity contribution < 1.29 is 9.59 Å². The van der Waals surface area contributed by atoms with Crippen LogP contribution in [-0.2, 0) is 0 Å². The number of aromatic nitrogens is 1. The monoisotopic (exact) mass is 381 g/mol. The van der Waals surface area contributed by atoms with Crippen LogP contribution in [0.5, 0.6) is 0 Å². The minimum absolute atomic E-state index is 0.124. The number of piperazine rings is 1. The molecule has 2 heterocycles. The molecule has 0 bridgehead atoms. The molecular formula is C21H27N5O2. The van der Waals surface area contributed by atoms with Gasteiger partial charge in [-0.3, -0.25) is 9.59 Å². The third-order valence-electron chi connectivity index (χ3n) is 4.95. The van der Waals surface area contributed by atoms with E-state index in [9.17, 15) is 9.59 Å². The van der Waals surface area contributed by atoms with Gasteiger partial charge in [0.25, 0.3) is 11.8 Å². The van der Waals surface area contributed by atoms with Crippen LogP contribution in [0.4, 0.5) is 11.4 Å². The predicted octanol–water partition coefficient (Wildman–Crippen LogP) is 2.18. The number of hydrogen-bond donors (Lipinski definition) is 1. The number of carbonyl (C=O) groups excluding carboxylic acids is 2. The lowest BCUT2D eigenvalue weighted by Crippen LogP contribution is -2.48. The van der Waals surface area contributed by atoms with E-state index >= 15 is 0 Å². The lowest BCUT2D eigenvalue weighted by Gasteiger charge is -2.33. The van der Waals surface area contributed by atoms with Gasteiger partial charge in [-0.2, -0.15) is 0 Å². The maximum absolute atomic E-state index is 12.7. The summed E-state index contributed by atoms with van der Waals surface area (Å²) in [7, 11) is 3.92. The molecule has 1 aliphatic rings. The first-order chi connectivity index (χ1) is 13.5. The topological polar surface area (TPSA) is 68.8 Å². The number of carbonyl (C=O) groups is 2. The van der Waals surface area contributed by atoms with Crippen molar-refractivity contribution in [2.75, 3.05) is 57.0 Å². The number of benzene rings is 1. The summed E-state index contributed by atoms with van der Waals surface area (Å²) in [5.41, 5.74) is 2.27. The fourth-order valence-electron chi connectivity index (χ4n) is 3.15. The van der Waals surface area contributed by atoms with Crippen molar-refractivity contribution in [3.8, 4) is 0 Å². The van der Waals surface area contributed by atoms with E-state index in [0.717, 1.165) is 25.3 Å². The minimum Gasteiger partial charge on any atom is -0.378 e. The van der Waals surface area contributed by atoms with Crippen LogP contribution in [-0.4, -0.2) is 73.4 Å². The fourth-order valence-corrected chi connectivity index (χ4v) is 3.15. The Labute approximate surface area is 166 Å². The van der Waals surface area contributed by atoms with Crippen molar-refractivity contribution in [1.29, 1.82) is 0 Å². The zero-order valence-corrected chi connectivity index (χ0v) is 16.7. The maximum atomic E-state index is 12.7. The first kappa shape index (κ1) is 19.8. The Balaban J connectivity index is 1.66. The molecule has 1 saturated heterocycles. The molecule has 7 heteroatoms. The van der Waals surface area contributed by atoms with Crippen molar-refractivity contribution in [3.63, 3.8) is 0 Å². The summed E-state index contributed by atoms with van der Waals surface area (Å²) in [5, 5.41) is 2.83. The summed E-state index contributed by atoms with van der Waals surface area (Å²) >= 11 is 0. The van der Waals surface area contributed by atoms with Crippen LogP contribution < -0.4 is 10.2 Å². The number of amides is 2. The van der Waals surface area contributed by atoms with Gasteiger partial charge in [0, 0.05) is 51.6 Å². The smallest absolute Gasteiger partial charge is 0.274 e. The van der Waals surface area contributed by atoms with Crippen molar-refractivity contribution in [2.45, 2.75) is 6.92 Å². The standard InChI is InChI=1S/C21H27N5O2/c1-4-25-12-14-26(15-13-25)21(28)19-7-5-6-18(23-19)20(27)22-16-8-10-17(11-9-16)24(2)3/h5-11H,4,12-15H2,1-3H3,(H,22,27). The summed E-state index contributed by atoms with van der Waals surface area (Å²) in [5.74, 6) is -0.455. The van der Waals surface area contributed by atoms with Crippen LogP contribution in [0, 0.1) is 0 Å². The largest absolute Gasteiger partial charge is 0.378 e. The van der Waals surface area contributed by atoms with Gasteiger partial charge in [0.1, 0.15) is 11.4 Å². The first-order valence-electron chi connectivity index (χ1n) is 9.55. The normalized spacial score (nSPS) is 14.6. The number of nitrogens with one attached hydrogen (secondary N) is 1. The van der Waals surface area contributed by atoms with Gasteiger partial charge in [-0.25, -0.2) is 4.98 Å². The summed E-state index contributed by atoms with van der Waals surface area (Å²) in [6.07, 6.45) is 0. The molecule has 0 atom stereocenters. The van der Waals surface area contributed by atoms with Gasteiger partial charge in [0.15, 0.2) is 0 Å². The Bertz CT molecular complexity index is 827. The van der Waals surface area contributed by atoms with Crippen LogP contribution >= 0.6 is 0 Å². The number of pyridine rings is 1. The highest BCUT2D eigenvalue weighted by Gasteiger charge is 2.23. The minimum atomic E-state index is -0.331. The Morgan fingerprint density at radius 2 is 1.64 bits per heavy atom. The van der Waals surface area contributed by atoms with Gasteiger partial charge >= 0.3 is 0 Å². The van der Waals surface area contributed by atoms with Crippen LogP contribution in [0.25, 0.3) is 0 Å². The van der Waals surface area contributed by atoms with Crippen LogP contribution in [0.1, 0.15) is 27.9 Å². The third kappa shape index (κ3) is 4.67. The third-order valence-corrected chi connectivity index (χ3v) is 4.95. The van der Waals surface area contributed by atoms with Gasteiger partial charge in [0.05, 0.1) is 0 Å². The Kier molecular flexibility index (Phi) is 6.26. The second kappa shape index (κ2) is 8.84. The molecule has 1 aromatic heterocycles. The highest BCUT2D eigenvalue weighted by molar-refractivity contribution is 6.04. The first-order valence-corrected chi connectivity index (χ1v) is 9.55. The van der Waals surface area contributed by atoms with Crippen molar-refractivity contribution in [3.05, 3.63) is 53.9 Å². The van der Waals surface area contributed by atoms with Gasteiger partial charge in [0.2, 0.25) is 0 Å². The molecule has 2 amide bonds. The zero-order valence-electron chi connectivity index (χ0n) is 16.7. The molecule has 1 fully saturated rings. The molecule has 1 aromatic carbocycles. The van der Waals surface area contributed by atoms with E-state index in [1.807, 2.05) is 43.3 Å². The summed E-state index contributed by atoms with van der Waals surface area (Å²) in [6, 6.07) is 12.5. The molecule has 2 aromatic rings. The fraction of sp³-hybridized carbons (Fsp3) is 0.381. The maximum Gasteiger partial charge on any atom is 0.274 e. The van der Waals surface area contributed by atoms with E-state index in [-0.39, 0.29) is 17.5 Å². The average molecular weight is 381 g/mol. The van der Waals surface area contributed by atoms with E-state index in [1.165, 1.54) is 0 Å². The van der Waals surface area contributed by atoms with Crippen molar-refractivity contribution in [2.24, 2.45) is 0 Å². The van der Waals surface area contributed by atoms with E-state index in [1.54, 1.807) is 23.1 Å². The van der Waals surface area contributed by atoms with Crippen LogP contribution in [0.3, 0.4) is 0 Å². The molecule has 1 aliphatic heterocycles. The van der Waals surface area contributed by atoms with E-state index in [0.29, 0.717) is 24.5 Å². The number of rotatable bonds is 5. The van der Waals surface area contributed by atoms with Crippen molar-refractivity contribution in [1.82, 2.24) is 14.8 Å². The highest BCUT2D eigenvalue weighted by atomic mass is 16.2. The predicted molar refractivity (Wildman–Crippen MR) is 111 cm³/mol. The van der Waals surface area contributed by atoms with E-state index in [2.05, 4.69) is 22.1 Å². The zero-order chi connectivity index (χ0) is 20.1. The average Bonchev–Trinajstić information content (AvgIpc) is 2.73. The van der Waals surface area contributed by atoms with E-state index < -0.39 is 0 Å². The van der Waals surface area contributed by atoms with Gasteiger partial charge in [-0.05, 0) is 42.9 Å². The molecular weight excluding hydrogens is 354 g/mol. The molecule has 3 rings (SSSR count). The quantitative estimate of drug-likeness (QED) is 0.860. The molecule has 7 nitrogen and oxygen atoms in total. The Morgan fingerprint density at radius 1 is 1.00 bits per heavy atom. The van der Waals surface area contributed by atoms with E-state index in [4.69, 9.17) is 0 Å².